The van der Waals surface area contributed by atoms with E-state index in [-0.39, 0.29) is 12.5 Å². The summed E-state index contributed by atoms with van der Waals surface area (Å²) in [6.45, 7) is 7.69. The summed E-state index contributed by atoms with van der Waals surface area (Å²) in [6, 6.07) is 0. The molecule has 116 valence electrons. The highest BCUT2D eigenvalue weighted by atomic mass is 16.2. The highest BCUT2D eigenvalue weighted by molar-refractivity contribution is 5.84. The van der Waals surface area contributed by atoms with Crippen LogP contribution in [0.4, 0.5) is 0 Å². The van der Waals surface area contributed by atoms with Crippen molar-refractivity contribution in [2.75, 3.05) is 40.3 Å². The van der Waals surface area contributed by atoms with E-state index in [4.69, 9.17) is 0 Å². The number of carbonyl (C=O) groups excluding carboxylic acids is 1. The van der Waals surface area contributed by atoms with Gasteiger partial charge in [0.2, 0.25) is 5.91 Å². The molecular formula is C15H30N4O. The Kier molecular flexibility index (Phi) is 7.41. The first-order valence-corrected chi connectivity index (χ1v) is 7.78. The van der Waals surface area contributed by atoms with E-state index in [9.17, 15) is 4.79 Å². The maximum Gasteiger partial charge on any atom is 0.243 e. The molecule has 1 amide bonds. The molecule has 0 bridgehead atoms. The van der Waals surface area contributed by atoms with Crippen LogP contribution in [0.1, 0.15) is 39.5 Å². The Bertz CT molecular complexity index is 328. The normalized spacial score (nSPS) is 19.9. The molecule has 1 aliphatic heterocycles. The quantitative estimate of drug-likeness (QED) is 0.473. The van der Waals surface area contributed by atoms with Gasteiger partial charge in [-0.25, -0.2) is 4.99 Å². The van der Waals surface area contributed by atoms with Gasteiger partial charge >= 0.3 is 0 Å². The number of hydrogen-bond acceptors (Lipinski definition) is 2. The number of aliphatic imine (C=N–C) groups is 1. The molecule has 5 nitrogen and oxygen atoms in total. The summed E-state index contributed by atoms with van der Waals surface area (Å²) in [6.07, 6.45) is 4.78. The first kappa shape index (κ1) is 16.8. The van der Waals surface area contributed by atoms with E-state index < -0.39 is 0 Å². The number of nitrogens with zero attached hydrogens (tertiary/aromatic N) is 3. The van der Waals surface area contributed by atoms with Gasteiger partial charge in [0.25, 0.3) is 0 Å². The third kappa shape index (κ3) is 5.80. The second-order valence-corrected chi connectivity index (χ2v) is 5.90. The van der Waals surface area contributed by atoms with Crippen LogP contribution in [0.5, 0.6) is 0 Å². The molecule has 0 radical (unpaired) electrons. The van der Waals surface area contributed by atoms with Gasteiger partial charge in [-0.2, -0.15) is 0 Å². The Labute approximate surface area is 123 Å². The number of unbranched alkanes of at least 4 members (excludes halogenated alkanes) is 1. The molecule has 1 heterocycles. The maximum atomic E-state index is 11.7. The lowest BCUT2D eigenvalue weighted by molar-refractivity contribution is -0.127. The van der Waals surface area contributed by atoms with E-state index in [1.807, 2.05) is 0 Å². The van der Waals surface area contributed by atoms with Crippen molar-refractivity contribution >= 4 is 11.9 Å². The van der Waals surface area contributed by atoms with Crippen LogP contribution in [0.25, 0.3) is 0 Å². The Morgan fingerprint density at radius 2 is 2.20 bits per heavy atom. The molecule has 1 atom stereocenters. The number of hydrogen-bond donors (Lipinski definition) is 1. The summed E-state index contributed by atoms with van der Waals surface area (Å²) in [4.78, 5) is 20.1. The van der Waals surface area contributed by atoms with E-state index in [1.165, 1.54) is 12.8 Å². The maximum absolute atomic E-state index is 11.7. The number of guanidine groups is 1. The average molecular weight is 282 g/mol. The van der Waals surface area contributed by atoms with E-state index in [2.05, 4.69) is 29.1 Å². The summed E-state index contributed by atoms with van der Waals surface area (Å²) in [7, 11) is 3.54. The Balaban J connectivity index is 2.62. The summed E-state index contributed by atoms with van der Waals surface area (Å²) < 4.78 is 0. The first-order chi connectivity index (χ1) is 9.54. The van der Waals surface area contributed by atoms with E-state index >= 15 is 0 Å². The minimum Gasteiger partial charge on any atom is -0.356 e. The summed E-state index contributed by atoms with van der Waals surface area (Å²) in [5, 5.41) is 3.41. The summed E-state index contributed by atoms with van der Waals surface area (Å²) >= 11 is 0. The zero-order valence-electron chi connectivity index (χ0n) is 13.5. The molecular weight excluding hydrogens is 252 g/mol. The fourth-order valence-electron chi connectivity index (χ4n) is 2.31. The highest BCUT2D eigenvalue weighted by Crippen LogP contribution is 2.15. The van der Waals surface area contributed by atoms with Crippen molar-refractivity contribution in [3.63, 3.8) is 0 Å². The van der Waals surface area contributed by atoms with Gasteiger partial charge in [-0.3, -0.25) is 4.79 Å². The predicted octanol–water partition coefficient (Wildman–Crippen LogP) is 1.55. The predicted molar refractivity (Wildman–Crippen MR) is 83.9 cm³/mol. The van der Waals surface area contributed by atoms with E-state index in [0.717, 1.165) is 38.4 Å². The molecule has 1 unspecified atom stereocenters. The van der Waals surface area contributed by atoms with Crippen LogP contribution in [-0.4, -0.2) is 61.9 Å². The van der Waals surface area contributed by atoms with Crippen molar-refractivity contribution in [2.45, 2.75) is 39.5 Å². The molecule has 0 aliphatic carbocycles. The fourth-order valence-corrected chi connectivity index (χ4v) is 2.31. The molecule has 20 heavy (non-hydrogen) atoms. The number of nitrogens with one attached hydrogen (secondary N) is 1. The number of likely N-dealkylation sites (tertiary alicyclic amines) is 1. The minimum atomic E-state index is 0.0462. The molecule has 1 aliphatic rings. The van der Waals surface area contributed by atoms with Gasteiger partial charge in [0.1, 0.15) is 6.54 Å². The van der Waals surface area contributed by atoms with E-state index in [0.29, 0.717) is 5.92 Å². The lowest BCUT2D eigenvalue weighted by Crippen LogP contribution is -2.47. The average Bonchev–Trinajstić information content (AvgIpc) is 2.42. The molecule has 0 aromatic carbocycles. The van der Waals surface area contributed by atoms with E-state index in [1.54, 1.807) is 19.0 Å². The van der Waals surface area contributed by atoms with Crippen LogP contribution >= 0.6 is 0 Å². The van der Waals surface area contributed by atoms with Gasteiger partial charge in [-0.1, -0.05) is 20.3 Å². The molecule has 1 N–H and O–H groups in total. The molecule has 1 rings (SSSR count). The van der Waals surface area contributed by atoms with Crippen LogP contribution in [0.2, 0.25) is 0 Å². The Morgan fingerprint density at radius 1 is 1.45 bits per heavy atom. The molecule has 5 heteroatoms. The van der Waals surface area contributed by atoms with Gasteiger partial charge in [0.05, 0.1) is 0 Å². The number of amides is 1. The number of carbonyl (C=O) groups is 1. The SMILES string of the molecule is CCCCNC(=NCC(=O)N(C)C)N1CCCC(C)C1. The third-order valence-corrected chi connectivity index (χ3v) is 3.63. The number of piperidine rings is 1. The second-order valence-electron chi connectivity index (χ2n) is 5.90. The third-order valence-electron chi connectivity index (χ3n) is 3.63. The molecule has 0 aromatic heterocycles. The zero-order valence-corrected chi connectivity index (χ0v) is 13.5. The van der Waals surface area contributed by atoms with Crippen LogP contribution in [0.15, 0.2) is 4.99 Å². The molecule has 0 saturated carbocycles. The standard InChI is InChI=1S/C15H30N4O/c1-5-6-9-16-15(17-11-14(20)18(3)4)19-10-7-8-13(2)12-19/h13H,5-12H2,1-4H3,(H,16,17). The summed E-state index contributed by atoms with van der Waals surface area (Å²) in [5.74, 6) is 1.65. The molecule has 0 aromatic rings. The van der Waals surface area contributed by atoms with Crippen LogP contribution in [0.3, 0.4) is 0 Å². The van der Waals surface area contributed by atoms with Crippen molar-refractivity contribution in [1.82, 2.24) is 15.1 Å². The Morgan fingerprint density at radius 3 is 2.80 bits per heavy atom. The fraction of sp³-hybridized carbons (Fsp3) is 0.867. The van der Waals surface area contributed by atoms with Crippen LogP contribution in [0, 0.1) is 5.92 Å². The van der Waals surface area contributed by atoms with Crippen molar-refractivity contribution in [1.29, 1.82) is 0 Å². The van der Waals surface area contributed by atoms with Crippen molar-refractivity contribution in [2.24, 2.45) is 10.9 Å². The van der Waals surface area contributed by atoms with Crippen molar-refractivity contribution < 1.29 is 4.79 Å². The van der Waals surface area contributed by atoms with Gasteiger partial charge in [-0.05, 0) is 25.2 Å². The van der Waals surface area contributed by atoms with Crippen LogP contribution in [-0.2, 0) is 4.79 Å². The monoisotopic (exact) mass is 282 g/mol. The van der Waals surface area contributed by atoms with Gasteiger partial charge in [0.15, 0.2) is 5.96 Å². The smallest absolute Gasteiger partial charge is 0.243 e. The second kappa shape index (κ2) is 8.82. The lowest BCUT2D eigenvalue weighted by atomic mass is 10.0. The minimum absolute atomic E-state index is 0.0462. The largest absolute Gasteiger partial charge is 0.356 e. The number of likely N-dealkylation sites (N-methyl/N-ethyl adjacent to an activating group) is 1. The Hall–Kier alpha value is -1.26. The summed E-state index contributed by atoms with van der Waals surface area (Å²) in [5.41, 5.74) is 0. The van der Waals surface area contributed by atoms with Gasteiger partial charge in [-0.15, -0.1) is 0 Å². The molecule has 0 spiro atoms. The molecule has 1 saturated heterocycles. The number of rotatable bonds is 5. The van der Waals surface area contributed by atoms with Gasteiger partial charge < -0.3 is 15.1 Å². The first-order valence-electron chi connectivity index (χ1n) is 7.78. The zero-order chi connectivity index (χ0) is 15.0. The van der Waals surface area contributed by atoms with Crippen LogP contribution < -0.4 is 5.32 Å². The highest BCUT2D eigenvalue weighted by Gasteiger charge is 2.19. The lowest BCUT2D eigenvalue weighted by Gasteiger charge is -2.33. The van der Waals surface area contributed by atoms with Crippen molar-refractivity contribution in [3.05, 3.63) is 0 Å². The molecule has 1 fully saturated rings. The topological polar surface area (TPSA) is 47.9 Å². The van der Waals surface area contributed by atoms with Crippen molar-refractivity contribution in [3.8, 4) is 0 Å². The van der Waals surface area contributed by atoms with Gasteiger partial charge in [0, 0.05) is 33.7 Å².